The molecular formula is C15H23NO2. The highest BCUT2D eigenvalue weighted by Gasteiger charge is 2.32. The van der Waals surface area contributed by atoms with E-state index in [4.69, 9.17) is 4.74 Å². The fourth-order valence-corrected chi connectivity index (χ4v) is 2.79. The minimum Gasteiger partial charge on any atom is -0.384 e. The zero-order chi connectivity index (χ0) is 13.2. The van der Waals surface area contributed by atoms with Crippen LogP contribution in [0.1, 0.15) is 25.8 Å². The van der Waals surface area contributed by atoms with Gasteiger partial charge in [0.2, 0.25) is 0 Å². The molecule has 0 spiro atoms. The molecule has 1 aliphatic heterocycles. The second-order valence-corrected chi connectivity index (χ2v) is 5.49. The molecule has 3 unspecified atom stereocenters. The Hall–Kier alpha value is -0.900. The van der Waals surface area contributed by atoms with Gasteiger partial charge in [-0.15, -0.1) is 0 Å². The van der Waals surface area contributed by atoms with Crippen molar-refractivity contribution in [1.82, 2.24) is 4.90 Å². The number of aliphatic hydroxyl groups is 1. The predicted octanol–water partition coefficient (Wildman–Crippen LogP) is 2.00. The molecule has 1 N–H and O–H groups in total. The summed E-state index contributed by atoms with van der Waals surface area (Å²) in [6, 6.07) is 10.2. The lowest BCUT2D eigenvalue weighted by Crippen LogP contribution is -2.44. The molecule has 0 aromatic heterocycles. The van der Waals surface area contributed by atoms with Gasteiger partial charge >= 0.3 is 0 Å². The van der Waals surface area contributed by atoms with Crippen LogP contribution in [0.25, 0.3) is 0 Å². The third-order valence-electron chi connectivity index (χ3n) is 3.86. The van der Waals surface area contributed by atoms with Crippen LogP contribution in [-0.2, 0) is 10.3 Å². The van der Waals surface area contributed by atoms with Crippen LogP contribution >= 0.6 is 0 Å². The summed E-state index contributed by atoms with van der Waals surface area (Å²) in [5.41, 5.74) is 0.140. The van der Waals surface area contributed by atoms with Crippen LogP contribution in [0.2, 0.25) is 0 Å². The quantitative estimate of drug-likeness (QED) is 0.886. The van der Waals surface area contributed by atoms with E-state index >= 15 is 0 Å². The van der Waals surface area contributed by atoms with E-state index in [1.165, 1.54) is 0 Å². The van der Waals surface area contributed by atoms with Gasteiger partial charge in [0, 0.05) is 19.2 Å². The van der Waals surface area contributed by atoms with E-state index in [-0.39, 0.29) is 6.10 Å². The molecule has 2 rings (SSSR count). The first kappa shape index (κ1) is 13.5. The number of benzene rings is 1. The molecule has 1 fully saturated rings. The van der Waals surface area contributed by atoms with Crippen molar-refractivity contribution in [3.05, 3.63) is 35.9 Å². The molecule has 1 heterocycles. The Labute approximate surface area is 109 Å². The highest BCUT2D eigenvalue weighted by atomic mass is 16.5. The summed E-state index contributed by atoms with van der Waals surface area (Å²) in [6.45, 7) is 5.42. The largest absolute Gasteiger partial charge is 0.384 e. The van der Waals surface area contributed by atoms with Crippen molar-refractivity contribution < 1.29 is 9.84 Å². The fraction of sp³-hybridized carbons (Fsp3) is 0.600. The van der Waals surface area contributed by atoms with Gasteiger partial charge in [-0.3, -0.25) is 4.90 Å². The number of hydrogen-bond donors (Lipinski definition) is 1. The molecule has 100 valence electrons. The van der Waals surface area contributed by atoms with Crippen molar-refractivity contribution in [2.24, 2.45) is 0 Å². The summed E-state index contributed by atoms with van der Waals surface area (Å²) in [5.74, 6) is 0. The van der Waals surface area contributed by atoms with Gasteiger partial charge in [0.25, 0.3) is 0 Å². The maximum absolute atomic E-state index is 10.6. The smallest absolute Gasteiger partial charge is 0.0994 e. The van der Waals surface area contributed by atoms with E-state index in [1.807, 2.05) is 37.3 Å². The fourth-order valence-electron chi connectivity index (χ4n) is 2.79. The van der Waals surface area contributed by atoms with Gasteiger partial charge in [-0.2, -0.15) is 0 Å². The molecule has 1 aliphatic rings. The number of ether oxygens (including phenoxy) is 1. The molecule has 0 aliphatic carbocycles. The number of hydrogen-bond acceptors (Lipinski definition) is 3. The summed E-state index contributed by atoms with van der Waals surface area (Å²) in [5, 5.41) is 10.6. The standard InChI is InChI=1S/C15H23NO2/c1-12-14(9-10-18-12)16(3)11-15(2,17)13-7-5-4-6-8-13/h4-8,12,14,17H,9-11H2,1-3H3. The molecular weight excluding hydrogens is 226 g/mol. The van der Waals surface area contributed by atoms with Crippen LogP contribution in [-0.4, -0.2) is 42.4 Å². The monoisotopic (exact) mass is 249 g/mol. The van der Waals surface area contributed by atoms with Gasteiger partial charge in [0.1, 0.15) is 0 Å². The zero-order valence-electron chi connectivity index (χ0n) is 11.5. The highest BCUT2D eigenvalue weighted by molar-refractivity contribution is 5.21. The van der Waals surface area contributed by atoms with E-state index < -0.39 is 5.60 Å². The number of likely N-dealkylation sites (N-methyl/N-ethyl adjacent to an activating group) is 1. The second kappa shape index (κ2) is 5.39. The SMILES string of the molecule is CC1OCCC1N(C)CC(C)(O)c1ccccc1. The molecule has 3 nitrogen and oxygen atoms in total. The van der Waals surface area contributed by atoms with Crippen molar-refractivity contribution in [1.29, 1.82) is 0 Å². The first-order valence-electron chi connectivity index (χ1n) is 6.60. The van der Waals surface area contributed by atoms with E-state index in [0.29, 0.717) is 12.6 Å². The topological polar surface area (TPSA) is 32.7 Å². The molecule has 1 saturated heterocycles. The molecule has 3 heteroatoms. The van der Waals surface area contributed by atoms with E-state index in [1.54, 1.807) is 0 Å². The minimum atomic E-state index is -0.821. The molecule has 0 saturated carbocycles. The van der Waals surface area contributed by atoms with Gasteiger partial charge in [-0.1, -0.05) is 30.3 Å². The lowest BCUT2D eigenvalue weighted by Gasteiger charge is -2.34. The Kier molecular flexibility index (Phi) is 4.05. The average Bonchev–Trinajstić information content (AvgIpc) is 2.76. The zero-order valence-corrected chi connectivity index (χ0v) is 11.5. The summed E-state index contributed by atoms with van der Waals surface area (Å²) < 4.78 is 5.58. The van der Waals surface area contributed by atoms with Crippen molar-refractivity contribution >= 4 is 0 Å². The Bertz CT molecular complexity index is 377. The Morgan fingerprint density at radius 1 is 1.39 bits per heavy atom. The van der Waals surface area contributed by atoms with Crippen LogP contribution in [0.3, 0.4) is 0 Å². The molecule has 18 heavy (non-hydrogen) atoms. The van der Waals surface area contributed by atoms with Crippen LogP contribution in [0, 0.1) is 0 Å². The van der Waals surface area contributed by atoms with Gasteiger partial charge in [0.05, 0.1) is 11.7 Å². The normalized spacial score (nSPS) is 27.4. The van der Waals surface area contributed by atoms with Crippen molar-refractivity contribution in [2.45, 2.75) is 38.0 Å². The Morgan fingerprint density at radius 2 is 2.06 bits per heavy atom. The van der Waals surface area contributed by atoms with E-state index in [2.05, 4.69) is 18.9 Å². The molecule has 1 aromatic rings. The van der Waals surface area contributed by atoms with Crippen molar-refractivity contribution in [3.63, 3.8) is 0 Å². The van der Waals surface area contributed by atoms with Gasteiger partial charge in [-0.25, -0.2) is 0 Å². The Balaban J connectivity index is 2.04. The van der Waals surface area contributed by atoms with Gasteiger partial charge < -0.3 is 9.84 Å². The third kappa shape index (κ3) is 2.91. The maximum atomic E-state index is 10.6. The lowest BCUT2D eigenvalue weighted by atomic mass is 9.94. The lowest BCUT2D eigenvalue weighted by molar-refractivity contribution is -0.000549. The first-order chi connectivity index (χ1) is 8.50. The van der Waals surface area contributed by atoms with Crippen molar-refractivity contribution in [3.8, 4) is 0 Å². The van der Waals surface area contributed by atoms with Crippen molar-refractivity contribution in [2.75, 3.05) is 20.2 Å². The predicted molar refractivity (Wildman–Crippen MR) is 72.5 cm³/mol. The molecule has 1 aromatic carbocycles. The molecule has 0 radical (unpaired) electrons. The summed E-state index contributed by atoms with van der Waals surface area (Å²) in [6.07, 6.45) is 1.30. The maximum Gasteiger partial charge on any atom is 0.0994 e. The molecule has 0 amide bonds. The van der Waals surface area contributed by atoms with Gasteiger partial charge in [0.15, 0.2) is 0 Å². The molecule has 0 bridgehead atoms. The first-order valence-corrected chi connectivity index (χ1v) is 6.60. The van der Waals surface area contributed by atoms with Crippen LogP contribution in [0.15, 0.2) is 30.3 Å². The van der Waals surface area contributed by atoms with E-state index in [9.17, 15) is 5.11 Å². The van der Waals surface area contributed by atoms with E-state index in [0.717, 1.165) is 18.6 Å². The van der Waals surface area contributed by atoms with Crippen LogP contribution < -0.4 is 0 Å². The average molecular weight is 249 g/mol. The summed E-state index contributed by atoms with van der Waals surface area (Å²) in [4.78, 5) is 2.21. The van der Waals surface area contributed by atoms with Crippen LogP contribution in [0.4, 0.5) is 0 Å². The Morgan fingerprint density at radius 3 is 2.61 bits per heavy atom. The highest BCUT2D eigenvalue weighted by Crippen LogP contribution is 2.25. The third-order valence-corrected chi connectivity index (χ3v) is 3.86. The number of nitrogens with zero attached hydrogens (tertiary/aromatic N) is 1. The summed E-state index contributed by atoms with van der Waals surface area (Å²) >= 11 is 0. The second-order valence-electron chi connectivity index (χ2n) is 5.49. The number of rotatable bonds is 4. The minimum absolute atomic E-state index is 0.251. The summed E-state index contributed by atoms with van der Waals surface area (Å²) in [7, 11) is 2.06. The van der Waals surface area contributed by atoms with Gasteiger partial charge in [-0.05, 0) is 32.9 Å². The molecule has 3 atom stereocenters. The van der Waals surface area contributed by atoms with Crippen LogP contribution in [0.5, 0.6) is 0 Å².